The van der Waals surface area contributed by atoms with Gasteiger partial charge < -0.3 is 132 Å². The standard InChI is InChI=1S/C14H22N6S.C12H19N7.C12H18N6S.2C11H17N7.C11H16N6S.C10H15N7/c1-18(2)12-15-13(19(3)4)17-14(16-12)20(5)8-6-11-7-9-21-10-11;1-8-4-5-9(15-8)6-7-19(3)12-17-10(13)16-11(14-2)18-12;1-17(2)11-14-10(13)15-12(16-11)18(3)6-4-9-5-7-19-8-9;1-7-3-4-8(14-7)5-6-18(2)11-16-9(12)15-10(13)17-11;1-7-3-4-8(15-7)5-6-14-11-17-9(12)16-10(13-2)18-11;1-12-9-15-10(13-2)17-11(16-9)14-5-3-8-4-6-18-7-8;1-6-2-3-7(14-6)4-5-13-10-16-8(11)15-9(12)17-10/h7,9-10H,6,8H2,1-5H3;4-5,15H,6-7H2,1-3H3,(H3,13,14,16,17,18);5,7-8H,4,6H2,1-3H3,(H2,13,14,15,16);3-4,14H,5-6H2,1-2H3,(H4,12,13,15,16,17);3-4,15H,5-6H2,1-2H3,(H4,12,13,14,16,17,18);4,6-7H,3,5H2,1-2H3,(H3,12,13,14,15,16,17);2-3,14H,4-5H2,1H3,(H5,11,12,13,15,16,17). The summed E-state index contributed by atoms with van der Waals surface area (Å²) in [7, 11) is 26.3. The molecule has 0 unspecified atom stereocenters. The fourth-order valence-corrected chi connectivity index (χ4v) is 13.4. The minimum Gasteiger partial charge on any atom is -0.368 e. The summed E-state index contributed by atoms with van der Waals surface area (Å²) in [6, 6.07) is 22.9. The molecule has 696 valence electrons. The van der Waals surface area contributed by atoms with Crippen LogP contribution in [0.5, 0.6) is 0 Å². The second-order valence-electron chi connectivity index (χ2n) is 29.7. The van der Waals surface area contributed by atoms with Crippen LogP contribution in [0, 0.1) is 27.7 Å². The molecule has 46 nitrogen and oxygen atoms in total. The SMILES string of the molecule is CN(C)c1nc(N(C)C)nc(N(C)CCc2ccsc2)n1.CN(C)c1nc(N)nc(N(C)CCc2ccsc2)n1.CNc1nc(N)nc(N(C)CCc2ccc(C)[nH]2)n1.CNc1nc(N)nc(NCCc2ccc(C)[nH]2)n1.CNc1nc(NC)nc(NCCc2ccsc2)n1.Cc1ccc(CCN(C)c2nc(N)nc(N)n2)[nH]1.Cc1ccc(CCNc2nc(N)nc(N)n2)[nH]1. The normalized spacial score (nSPS) is 10.4. The summed E-state index contributed by atoms with van der Waals surface area (Å²) in [5, 5.41) is 33.6. The second-order valence-corrected chi connectivity index (χ2v) is 32.0. The van der Waals surface area contributed by atoms with E-state index >= 15 is 0 Å². The molecule has 0 aliphatic heterocycles. The van der Waals surface area contributed by atoms with Gasteiger partial charge in [0.2, 0.25) is 125 Å². The van der Waals surface area contributed by atoms with E-state index in [0.29, 0.717) is 89.8 Å². The molecular weight excluding hydrogens is 1710 g/mol. The van der Waals surface area contributed by atoms with Crippen molar-refractivity contribution in [3.8, 4) is 0 Å². The van der Waals surface area contributed by atoms with E-state index in [1.165, 1.54) is 39.5 Å². The summed E-state index contributed by atoms with van der Waals surface area (Å²) in [4.78, 5) is 113. The zero-order valence-electron chi connectivity index (χ0n) is 77.0. The molecule has 14 heterocycles. The van der Waals surface area contributed by atoms with Gasteiger partial charge in [0.1, 0.15) is 0 Å². The first-order valence-corrected chi connectivity index (χ1v) is 44.1. The van der Waals surface area contributed by atoms with E-state index in [4.69, 9.17) is 40.1 Å². The van der Waals surface area contributed by atoms with Crippen molar-refractivity contribution >= 4 is 159 Å². The molecule has 0 bridgehead atoms. The summed E-state index contributed by atoms with van der Waals surface area (Å²) in [6.45, 7) is 13.6. The third kappa shape index (κ3) is 35.5. The molecule has 25 N–H and O–H groups in total. The second kappa shape index (κ2) is 51.6. The van der Waals surface area contributed by atoms with Crippen LogP contribution in [0.1, 0.15) is 62.2 Å². The molecule has 0 atom stereocenters. The van der Waals surface area contributed by atoms with E-state index in [1.54, 1.807) is 62.2 Å². The number of aromatic nitrogens is 25. The topological polar surface area (TPSA) is 623 Å². The highest BCUT2D eigenvalue weighted by atomic mass is 32.1. The van der Waals surface area contributed by atoms with E-state index < -0.39 is 0 Å². The van der Waals surface area contributed by atoms with Gasteiger partial charge in [-0.2, -0.15) is 139 Å². The average Bonchev–Trinajstić information content (AvgIpc) is 0.962. The van der Waals surface area contributed by atoms with Crippen LogP contribution in [0.4, 0.5) is 125 Å². The fraction of sp³-hybridized carbons (Fsp3) is 0.395. The highest BCUT2D eigenvalue weighted by molar-refractivity contribution is 7.08. The molecule has 0 aromatic carbocycles. The van der Waals surface area contributed by atoms with Crippen molar-refractivity contribution in [2.45, 2.75) is 72.6 Å². The first-order valence-electron chi connectivity index (χ1n) is 41.3. The lowest BCUT2D eigenvalue weighted by atomic mass is 10.2. The molecule has 14 aromatic heterocycles. The number of likely N-dealkylation sites (N-methyl/N-ethyl adjacent to an activating group) is 4. The number of thiophene rings is 3. The van der Waals surface area contributed by atoms with Crippen LogP contribution in [0.25, 0.3) is 0 Å². The van der Waals surface area contributed by atoms with E-state index in [9.17, 15) is 0 Å². The number of nitrogens with one attached hydrogen (secondary N) is 11. The molecule has 0 aliphatic carbocycles. The van der Waals surface area contributed by atoms with Gasteiger partial charge in [0.25, 0.3) is 0 Å². The predicted molar refractivity (Wildman–Crippen MR) is 530 cm³/mol. The molecule has 0 fully saturated rings. The van der Waals surface area contributed by atoms with Crippen molar-refractivity contribution < 1.29 is 0 Å². The Bertz CT molecular complexity index is 5510. The first-order chi connectivity index (χ1) is 62.3. The van der Waals surface area contributed by atoms with Crippen LogP contribution < -0.4 is 112 Å². The summed E-state index contributed by atoms with van der Waals surface area (Å²) in [5.74, 6) is 8.96. The van der Waals surface area contributed by atoms with Crippen molar-refractivity contribution in [3.63, 3.8) is 0 Å². The number of hydrogen-bond acceptors (Lipinski definition) is 45. The van der Waals surface area contributed by atoms with E-state index in [0.717, 1.165) is 107 Å². The molecule has 0 saturated heterocycles. The van der Waals surface area contributed by atoms with Gasteiger partial charge in [-0.1, -0.05) is 0 Å². The van der Waals surface area contributed by atoms with E-state index in [2.05, 4.69) is 248 Å². The lowest BCUT2D eigenvalue weighted by Crippen LogP contribution is -2.26. The zero-order valence-corrected chi connectivity index (χ0v) is 79.5. The molecule has 0 radical (unpaired) electrons. The van der Waals surface area contributed by atoms with Crippen LogP contribution in [0.15, 0.2) is 99.0 Å². The van der Waals surface area contributed by atoms with Crippen LogP contribution in [-0.4, -0.2) is 269 Å². The average molecular weight is 1840 g/mol. The van der Waals surface area contributed by atoms with Gasteiger partial charge in [0.15, 0.2) is 0 Å². The Morgan fingerprint density at radius 1 is 0.254 bits per heavy atom. The maximum atomic E-state index is 5.71. The van der Waals surface area contributed by atoms with Crippen molar-refractivity contribution in [2.75, 3.05) is 256 Å². The number of rotatable bonds is 35. The quantitative estimate of drug-likeness (QED) is 0.0191. The number of nitrogens with two attached hydrogens (primary N) is 7. The highest BCUT2D eigenvalue weighted by Crippen LogP contribution is 2.21. The Labute approximate surface area is 769 Å². The van der Waals surface area contributed by atoms with Crippen LogP contribution in [-0.2, 0) is 44.9 Å². The third-order valence-electron chi connectivity index (χ3n) is 18.2. The Morgan fingerprint density at radius 2 is 0.492 bits per heavy atom. The summed E-state index contributed by atoms with van der Waals surface area (Å²) in [5.41, 5.74) is 52.2. The minimum atomic E-state index is 0.121. The van der Waals surface area contributed by atoms with Crippen molar-refractivity contribution in [3.05, 3.63) is 161 Å². The van der Waals surface area contributed by atoms with Gasteiger partial charge in [-0.3, -0.25) is 0 Å². The van der Waals surface area contributed by atoms with Crippen LogP contribution in [0.3, 0.4) is 0 Å². The fourth-order valence-electron chi connectivity index (χ4n) is 11.3. The Morgan fingerprint density at radius 3 is 0.838 bits per heavy atom. The van der Waals surface area contributed by atoms with Crippen LogP contribution in [0.2, 0.25) is 0 Å². The predicted octanol–water partition coefficient (Wildman–Crippen LogP) is 6.95. The maximum absolute atomic E-state index is 5.71. The van der Waals surface area contributed by atoms with Crippen molar-refractivity contribution in [1.82, 2.24) is 125 Å². The number of nitrogens with zero attached hydrogens (tertiary/aromatic N) is 28. The summed E-state index contributed by atoms with van der Waals surface area (Å²) in [6.07, 6.45) is 6.39. The van der Waals surface area contributed by atoms with Gasteiger partial charge in [-0.15, -0.1) is 0 Å². The van der Waals surface area contributed by atoms with Gasteiger partial charge in [-0.05, 0) is 163 Å². The molecule has 0 amide bonds. The largest absolute Gasteiger partial charge is 0.368 e. The molecule has 49 heteroatoms. The molecule has 0 aliphatic rings. The summed E-state index contributed by atoms with van der Waals surface area (Å²) < 4.78 is 0. The molecule has 130 heavy (non-hydrogen) atoms. The van der Waals surface area contributed by atoms with Gasteiger partial charge >= 0.3 is 0 Å². The smallest absolute Gasteiger partial charge is 0.231 e. The Hall–Kier alpha value is -14.9. The van der Waals surface area contributed by atoms with Gasteiger partial charge in [0.05, 0.1) is 0 Å². The lowest BCUT2D eigenvalue weighted by molar-refractivity contribution is 0.815. The highest BCUT2D eigenvalue weighted by Gasteiger charge is 2.17. The molecule has 14 aromatic rings. The number of aromatic amines is 4. The number of aryl methyl sites for hydroxylation is 4. The molecule has 0 saturated carbocycles. The monoisotopic (exact) mass is 1840 g/mol. The van der Waals surface area contributed by atoms with Crippen molar-refractivity contribution in [1.29, 1.82) is 0 Å². The maximum Gasteiger partial charge on any atom is 0.231 e. The number of nitrogen functional groups attached to an aromatic ring is 7. The number of anilines is 21. The van der Waals surface area contributed by atoms with Crippen LogP contribution >= 0.6 is 34.0 Å². The Kier molecular flexibility index (Phi) is 39.9. The molecular formula is C81H124N46S3. The summed E-state index contributed by atoms with van der Waals surface area (Å²) >= 11 is 5.15. The zero-order chi connectivity index (χ0) is 94.2. The van der Waals surface area contributed by atoms with E-state index in [1.807, 2.05) is 146 Å². The van der Waals surface area contributed by atoms with Gasteiger partial charge in [0, 0.05) is 216 Å². The Balaban J connectivity index is 0.000000187. The lowest BCUT2D eigenvalue weighted by Gasteiger charge is -2.21. The first kappa shape index (κ1) is 101. The third-order valence-corrected chi connectivity index (χ3v) is 20.4. The number of H-pyrrole nitrogens is 4. The molecule has 14 rings (SSSR count). The number of hydrogen-bond donors (Lipinski definition) is 18. The minimum absolute atomic E-state index is 0.121. The van der Waals surface area contributed by atoms with Gasteiger partial charge in [-0.25, -0.2) is 0 Å². The van der Waals surface area contributed by atoms with Crippen molar-refractivity contribution in [2.24, 2.45) is 0 Å². The van der Waals surface area contributed by atoms with E-state index in [-0.39, 0.29) is 41.6 Å². The molecule has 0 spiro atoms.